The molecule has 0 aliphatic carbocycles. The maximum Gasteiger partial charge on any atom is 0.153 e. The van der Waals surface area contributed by atoms with Crippen LogP contribution in [-0.4, -0.2) is 21.8 Å². The van der Waals surface area contributed by atoms with Gasteiger partial charge in [-0.1, -0.05) is 0 Å². The molecule has 1 aromatic heterocycles. The largest absolute Gasteiger partial charge is 0.386 e. The van der Waals surface area contributed by atoms with Crippen LogP contribution in [0.25, 0.3) is 0 Å². The summed E-state index contributed by atoms with van der Waals surface area (Å²) in [5.74, 6) is 2.25. The van der Waals surface area contributed by atoms with Crippen molar-refractivity contribution in [2.75, 3.05) is 5.01 Å². The molecule has 1 aliphatic rings. The molecule has 2 rings (SSSR count). The highest BCUT2D eigenvalue weighted by Crippen LogP contribution is 2.21. The van der Waals surface area contributed by atoms with Crippen LogP contribution < -0.4 is 10.7 Å². The van der Waals surface area contributed by atoms with Crippen molar-refractivity contribution in [2.45, 2.75) is 33.2 Å². The highest BCUT2D eigenvalue weighted by Gasteiger charge is 2.23. The summed E-state index contributed by atoms with van der Waals surface area (Å²) in [5.41, 5.74) is 6.64. The minimum atomic E-state index is 0.277. The lowest BCUT2D eigenvalue weighted by Crippen LogP contribution is -2.24. The average molecular weight is 205 g/mol. The Morgan fingerprint density at radius 2 is 2.13 bits per heavy atom. The van der Waals surface area contributed by atoms with Crippen molar-refractivity contribution in [1.82, 2.24) is 9.97 Å². The number of aryl methyl sites for hydroxylation is 2. The predicted molar refractivity (Wildman–Crippen MR) is 59.7 cm³/mol. The summed E-state index contributed by atoms with van der Waals surface area (Å²) < 4.78 is 0. The van der Waals surface area contributed by atoms with E-state index >= 15 is 0 Å². The predicted octanol–water partition coefficient (Wildman–Crippen LogP) is 0.964. The van der Waals surface area contributed by atoms with Gasteiger partial charge in [0.2, 0.25) is 0 Å². The summed E-state index contributed by atoms with van der Waals surface area (Å²) >= 11 is 0. The maximum absolute atomic E-state index is 5.69. The van der Waals surface area contributed by atoms with Crippen LogP contribution in [0.4, 0.5) is 5.82 Å². The van der Waals surface area contributed by atoms with Gasteiger partial charge in [-0.2, -0.15) is 5.10 Å². The van der Waals surface area contributed by atoms with Crippen molar-refractivity contribution in [3.8, 4) is 0 Å². The molecule has 1 aromatic rings. The van der Waals surface area contributed by atoms with E-state index in [2.05, 4.69) is 22.0 Å². The average Bonchev–Trinajstić information content (AvgIpc) is 2.43. The van der Waals surface area contributed by atoms with Crippen molar-refractivity contribution in [1.29, 1.82) is 0 Å². The Morgan fingerprint density at radius 3 is 2.67 bits per heavy atom. The monoisotopic (exact) mass is 205 g/mol. The summed E-state index contributed by atoms with van der Waals surface area (Å²) in [7, 11) is 0. The van der Waals surface area contributed by atoms with Gasteiger partial charge in [0.1, 0.15) is 11.7 Å². The number of nitrogens with two attached hydrogens (primary N) is 1. The molecule has 1 atom stereocenters. The van der Waals surface area contributed by atoms with Crippen molar-refractivity contribution in [2.24, 2.45) is 10.8 Å². The Kier molecular flexibility index (Phi) is 2.30. The third-order valence-corrected chi connectivity index (χ3v) is 2.35. The number of hydrazone groups is 1. The maximum atomic E-state index is 5.69. The number of hydrogen-bond donors (Lipinski definition) is 1. The van der Waals surface area contributed by atoms with E-state index in [0.717, 1.165) is 23.8 Å². The van der Waals surface area contributed by atoms with Crippen LogP contribution in [-0.2, 0) is 0 Å². The number of amidine groups is 1. The van der Waals surface area contributed by atoms with Crippen LogP contribution in [0, 0.1) is 13.8 Å². The Bertz CT molecular complexity index is 392. The Balaban J connectivity index is 2.37. The van der Waals surface area contributed by atoms with Crippen LogP contribution in [0.3, 0.4) is 0 Å². The van der Waals surface area contributed by atoms with E-state index in [9.17, 15) is 0 Å². The fourth-order valence-corrected chi connectivity index (χ4v) is 1.76. The molecule has 0 spiro atoms. The number of aromatic nitrogens is 2. The molecule has 80 valence electrons. The van der Waals surface area contributed by atoms with Crippen LogP contribution >= 0.6 is 0 Å². The second-order valence-corrected chi connectivity index (χ2v) is 3.90. The zero-order valence-electron chi connectivity index (χ0n) is 9.23. The molecule has 2 N–H and O–H groups in total. The first-order valence-electron chi connectivity index (χ1n) is 5.01. The van der Waals surface area contributed by atoms with Gasteiger partial charge in [0.05, 0.1) is 6.04 Å². The quantitative estimate of drug-likeness (QED) is 0.741. The number of nitrogens with zero attached hydrogens (tertiary/aromatic N) is 4. The Morgan fingerprint density at radius 1 is 1.40 bits per heavy atom. The number of rotatable bonds is 1. The van der Waals surface area contributed by atoms with E-state index in [-0.39, 0.29) is 6.04 Å². The number of anilines is 1. The SMILES string of the molecule is Cc1cc(N2N=C(N)CC2C)nc(C)n1. The van der Waals surface area contributed by atoms with E-state index in [1.165, 1.54) is 0 Å². The zero-order chi connectivity index (χ0) is 11.0. The molecule has 2 heterocycles. The summed E-state index contributed by atoms with van der Waals surface area (Å²) in [6, 6.07) is 2.20. The molecule has 5 heteroatoms. The van der Waals surface area contributed by atoms with Crippen LogP contribution in [0.15, 0.2) is 11.2 Å². The molecule has 0 bridgehead atoms. The summed E-state index contributed by atoms with van der Waals surface area (Å²) in [6.07, 6.45) is 0.794. The second kappa shape index (κ2) is 3.49. The molecule has 5 nitrogen and oxygen atoms in total. The van der Waals surface area contributed by atoms with Gasteiger partial charge in [-0.15, -0.1) is 0 Å². The molecule has 0 radical (unpaired) electrons. The molecular weight excluding hydrogens is 190 g/mol. The van der Waals surface area contributed by atoms with Gasteiger partial charge in [0, 0.05) is 18.2 Å². The van der Waals surface area contributed by atoms with Gasteiger partial charge in [-0.05, 0) is 20.8 Å². The molecule has 15 heavy (non-hydrogen) atoms. The summed E-state index contributed by atoms with van der Waals surface area (Å²) in [4.78, 5) is 8.59. The van der Waals surface area contributed by atoms with E-state index in [1.807, 2.05) is 24.9 Å². The highest BCUT2D eigenvalue weighted by molar-refractivity contribution is 5.84. The molecular formula is C10H15N5. The fourth-order valence-electron chi connectivity index (χ4n) is 1.76. The number of hydrogen-bond acceptors (Lipinski definition) is 5. The third kappa shape index (κ3) is 1.91. The normalized spacial score (nSPS) is 20.6. The van der Waals surface area contributed by atoms with Crippen molar-refractivity contribution in [3.05, 3.63) is 17.6 Å². The summed E-state index contributed by atoms with van der Waals surface area (Å²) in [6.45, 7) is 5.91. The van der Waals surface area contributed by atoms with E-state index in [1.54, 1.807) is 0 Å². The molecule has 1 unspecified atom stereocenters. The minimum Gasteiger partial charge on any atom is -0.386 e. The standard InChI is InChI=1S/C10H15N5/c1-6-4-10(13-8(3)12-6)15-7(2)5-9(11)14-15/h4,7H,5H2,1-3H3,(H2,11,14). The first-order chi connectivity index (χ1) is 7.06. The van der Waals surface area contributed by atoms with Gasteiger partial charge in [-0.25, -0.2) is 15.0 Å². The van der Waals surface area contributed by atoms with Gasteiger partial charge in [0.25, 0.3) is 0 Å². The topological polar surface area (TPSA) is 67.4 Å². The lowest BCUT2D eigenvalue weighted by molar-refractivity contribution is 0.708. The molecule has 0 saturated carbocycles. The smallest absolute Gasteiger partial charge is 0.153 e. The minimum absolute atomic E-state index is 0.277. The Hall–Kier alpha value is -1.65. The highest BCUT2D eigenvalue weighted by atomic mass is 15.5. The Labute approximate surface area is 89.0 Å². The van der Waals surface area contributed by atoms with Crippen molar-refractivity contribution >= 4 is 11.7 Å². The van der Waals surface area contributed by atoms with E-state index < -0.39 is 0 Å². The molecule has 0 saturated heterocycles. The lowest BCUT2D eigenvalue weighted by atomic mass is 10.2. The lowest BCUT2D eigenvalue weighted by Gasteiger charge is -2.18. The van der Waals surface area contributed by atoms with Gasteiger partial charge >= 0.3 is 0 Å². The van der Waals surface area contributed by atoms with Gasteiger partial charge in [0.15, 0.2) is 5.82 Å². The van der Waals surface area contributed by atoms with Gasteiger partial charge < -0.3 is 5.73 Å². The van der Waals surface area contributed by atoms with Crippen LogP contribution in [0.2, 0.25) is 0 Å². The van der Waals surface area contributed by atoms with Crippen molar-refractivity contribution < 1.29 is 0 Å². The summed E-state index contributed by atoms with van der Waals surface area (Å²) in [5, 5.41) is 6.12. The fraction of sp³-hybridized carbons (Fsp3) is 0.500. The molecule has 0 aromatic carbocycles. The van der Waals surface area contributed by atoms with Gasteiger partial charge in [-0.3, -0.25) is 0 Å². The van der Waals surface area contributed by atoms with E-state index in [0.29, 0.717) is 5.84 Å². The van der Waals surface area contributed by atoms with Crippen LogP contribution in [0.5, 0.6) is 0 Å². The molecule has 0 amide bonds. The van der Waals surface area contributed by atoms with Crippen LogP contribution in [0.1, 0.15) is 24.9 Å². The second-order valence-electron chi connectivity index (χ2n) is 3.90. The molecule has 0 fully saturated rings. The third-order valence-electron chi connectivity index (χ3n) is 2.35. The van der Waals surface area contributed by atoms with Crippen molar-refractivity contribution in [3.63, 3.8) is 0 Å². The zero-order valence-corrected chi connectivity index (χ0v) is 9.23. The first kappa shape index (κ1) is 9.89. The first-order valence-corrected chi connectivity index (χ1v) is 5.01. The van der Waals surface area contributed by atoms with E-state index in [4.69, 9.17) is 5.73 Å². The molecule has 1 aliphatic heterocycles.